The van der Waals surface area contributed by atoms with E-state index in [0.717, 1.165) is 0 Å². The Kier molecular flexibility index (Phi) is 6.56. The van der Waals surface area contributed by atoms with E-state index >= 15 is 0 Å². The van der Waals surface area contributed by atoms with Crippen LogP contribution >= 0.6 is 0 Å². The Bertz CT molecular complexity index is 1090. The van der Waals surface area contributed by atoms with E-state index in [1.807, 2.05) is 13.8 Å². The first kappa shape index (κ1) is 22.9. The van der Waals surface area contributed by atoms with Gasteiger partial charge in [0.15, 0.2) is 11.5 Å². The van der Waals surface area contributed by atoms with Gasteiger partial charge < -0.3 is 25.8 Å². The van der Waals surface area contributed by atoms with Gasteiger partial charge in [-0.15, -0.1) is 0 Å². The molecule has 1 aliphatic rings. The van der Waals surface area contributed by atoms with Crippen molar-refractivity contribution in [2.24, 2.45) is 10.7 Å². The number of ether oxygens (including phenoxy) is 2. The molecule has 1 atom stereocenters. The number of aromatic nitrogens is 2. The number of amides is 1. The first-order chi connectivity index (χ1) is 15.1. The number of nitrogens with zero attached hydrogens (tertiary/aromatic N) is 3. The van der Waals surface area contributed by atoms with Gasteiger partial charge in [-0.3, -0.25) is 4.79 Å². The third kappa shape index (κ3) is 4.93. The highest BCUT2D eigenvalue weighted by molar-refractivity contribution is 6.06. The highest BCUT2D eigenvalue weighted by Gasteiger charge is 2.32. The van der Waals surface area contributed by atoms with E-state index in [1.54, 1.807) is 6.92 Å². The Morgan fingerprint density at radius 1 is 1.38 bits per heavy atom. The second kappa shape index (κ2) is 9.16. The zero-order valence-corrected chi connectivity index (χ0v) is 18.1. The first-order valence-corrected chi connectivity index (χ1v) is 9.75. The summed E-state index contributed by atoms with van der Waals surface area (Å²) in [5.74, 6) is -0.770. The quantitative estimate of drug-likeness (QED) is 0.597. The number of methoxy groups -OCH3 is 1. The Hall–Kier alpha value is -3.76. The minimum absolute atomic E-state index is 0.0198. The van der Waals surface area contributed by atoms with Gasteiger partial charge in [-0.25, -0.2) is 18.8 Å². The van der Waals surface area contributed by atoms with Crippen LogP contribution in [0.15, 0.2) is 41.2 Å². The van der Waals surface area contributed by atoms with Gasteiger partial charge in [0, 0.05) is 17.3 Å². The molecule has 9 nitrogen and oxygen atoms in total. The molecule has 11 heteroatoms. The molecule has 2 heterocycles. The van der Waals surface area contributed by atoms with Crippen molar-refractivity contribution in [2.75, 3.05) is 24.4 Å². The summed E-state index contributed by atoms with van der Waals surface area (Å²) in [5, 5.41) is 5.72. The molecule has 0 saturated heterocycles. The molecule has 1 aromatic heterocycles. The highest BCUT2D eigenvalue weighted by atomic mass is 19.1. The molecule has 0 spiro atoms. The van der Waals surface area contributed by atoms with Crippen molar-refractivity contribution in [3.05, 3.63) is 53.3 Å². The summed E-state index contributed by atoms with van der Waals surface area (Å²) in [5.41, 5.74) is 4.70. The minimum Gasteiger partial charge on any atom is -0.480 e. The van der Waals surface area contributed by atoms with Crippen LogP contribution in [0.3, 0.4) is 0 Å². The third-order valence-corrected chi connectivity index (χ3v) is 4.52. The summed E-state index contributed by atoms with van der Waals surface area (Å²) >= 11 is 0. The minimum atomic E-state index is -1.32. The van der Waals surface area contributed by atoms with Gasteiger partial charge >= 0.3 is 0 Å². The Morgan fingerprint density at radius 2 is 2.12 bits per heavy atom. The number of anilines is 2. The standard InChI is InChI=1S/C21H24F2N6O3/c1-11(2)26-18-17(25-10-16(28-18)31-4)19(30)27-12-5-6-15(23)14(7-12)21(3)8-13(9-22)32-20(24)29-21/h5-8,10-11H,9H2,1-4H3,(H2,24,29)(H,26,28)(H,27,30)/t21-/m0/s1. The number of carbonyl (C=O) groups excluding carboxylic acids is 1. The van der Waals surface area contributed by atoms with Gasteiger partial charge in [0.1, 0.15) is 23.8 Å². The summed E-state index contributed by atoms with van der Waals surface area (Å²) in [6.45, 7) is 4.40. The van der Waals surface area contributed by atoms with Crippen molar-refractivity contribution in [3.8, 4) is 5.88 Å². The van der Waals surface area contributed by atoms with Gasteiger partial charge in [-0.05, 0) is 45.0 Å². The average Bonchev–Trinajstić information content (AvgIpc) is 2.73. The van der Waals surface area contributed by atoms with Crippen LogP contribution in [0.1, 0.15) is 36.8 Å². The third-order valence-electron chi connectivity index (χ3n) is 4.52. The fourth-order valence-corrected chi connectivity index (χ4v) is 3.16. The van der Waals surface area contributed by atoms with Crippen LogP contribution in [0, 0.1) is 5.82 Å². The van der Waals surface area contributed by atoms with Crippen LogP contribution < -0.4 is 21.1 Å². The van der Waals surface area contributed by atoms with Gasteiger partial charge in [-0.2, -0.15) is 4.98 Å². The lowest BCUT2D eigenvalue weighted by Gasteiger charge is -2.28. The molecule has 0 radical (unpaired) electrons. The van der Waals surface area contributed by atoms with Gasteiger partial charge in [0.2, 0.25) is 5.88 Å². The molecule has 170 valence electrons. The molecular formula is C21H24F2N6O3. The monoisotopic (exact) mass is 446 g/mol. The van der Waals surface area contributed by atoms with E-state index in [1.165, 1.54) is 37.6 Å². The Balaban J connectivity index is 1.94. The Morgan fingerprint density at radius 3 is 2.78 bits per heavy atom. The number of halogens is 2. The number of carbonyl (C=O) groups is 1. The molecule has 2 aromatic rings. The van der Waals surface area contributed by atoms with Gasteiger partial charge in [0.25, 0.3) is 11.9 Å². The van der Waals surface area contributed by atoms with Crippen LogP contribution in [-0.2, 0) is 10.3 Å². The van der Waals surface area contributed by atoms with E-state index in [4.69, 9.17) is 15.2 Å². The molecule has 0 fully saturated rings. The predicted octanol–water partition coefficient (Wildman–Crippen LogP) is 3.11. The molecule has 3 rings (SSSR count). The van der Waals surface area contributed by atoms with Crippen molar-refractivity contribution in [2.45, 2.75) is 32.4 Å². The van der Waals surface area contributed by atoms with Crippen LogP contribution in [0.2, 0.25) is 0 Å². The first-order valence-electron chi connectivity index (χ1n) is 9.75. The number of nitrogens with two attached hydrogens (primary N) is 1. The van der Waals surface area contributed by atoms with Crippen LogP contribution in [-0.4, -0.2) is 41.7 Å². The summed E-state index contributed by atoms with van der Waals surface area (Å²) in [6.07, 6.45) is 2.66. The fourth-order valence-electron chi connectivity index (χ4n) is 3.16. The number of allylic oxidation sites excluding steroid dienone is 1. The van der Waals surface area contributed by atoms with Crippen molar-refractivity contribution in [3.63, 3.8) is 0 Å². The number of amidine groups is 1. The van der Waals surface area contributed by atoms with E-state index in [2.05, 4.69) is 25.6 Å². The maximum atomic E-state index is 14.7. The normalized spacial score (nSPS) is 17.8. The van der Waals surface area contributed by atoms with Crippen molar-refractivity contribution >= 4 is 23.4 Å². The molecule has 1 aromatic carbocycles. The molecular weight excluding hydrogens is 422 g/mol. The van der Waals surface area contributed by atoms with E-state index in [-0.39, 0.29) is 46.5 Å². The Labute approximate surface area is 183 Å². The lowest BCUT2D eigenvalue weighted by Crippen LogP contribution is -2.31. The number of aliphatic imine (C=N–C) groups is 1. The number of hydrogen-bond acceptors (Lipinski definition) is 8. The largest absolute Gasteiger partial charge is 0.480 e. The number of hydrogen-bond donors (Lipinski definition) is 3. The number of rotatable bonds is 7. The lowest BCUT2D eigenvalue weighted by atomic mass is 9.90. The highest BCUT2D eigenvalue weighted by Crippen LogP contribution is 2.35. The smallest absolute Gasteiger partial charge is 0.288 e. The fraction of sp³-hybridized carbons (Fsp3) is 0.333. The van der Waals surface area contributed by atoms with E-state index in [9.17, 15) is 13.6 Å². The summed E-state index contributed by atoms with van der Waals surface area (Å²) in [4.78, 5) is 25.4. The van der Waals surface area contributed by atoms with Gasteiger partial charge in [-0.1, -0.05) is 0 Å². The summed E-state index contributed by atoms with van der Waals surface area (Å²) in [7, 11) is 1.44. The second-order valence-corrected chi connectivity index (χ2v) is 7.50. The molecule has 4 N–H and O–H groups in total. The summed E-state index contributed by atoms with van der Waals surface area (Å²) < 4.78 is 37.9. The van der Waals surface area contributed by atoms with Crippen molar-refractivity contribution in [1.82, 2.24) is 9.97 Å². The number of nitrogens with one attached hydrogen (secondary N) is 2. The van der Waals surface area contributed by atoms with Crippen molar-refractivity contribution < 1.29 is 23.0 Å². The van der Waals surface area contributed by atoms with Crippen LogP contribution in [0.5, 0.6) is 5.88 Å². The molecule has 0 unspecified atom stereocenters. The molecule has 1 amide bonds. The van der Waals surface area contributed by atoms with Crippen LogP contribution in [0.25, 0.3) is 0 Å². The predicted molar refractivity (Wildman–Crippen MR) is 116 cm³/mol. The van der Waals surface area contributed by atoms with E-state index in [0.29, 0.717) is 0 Å². The topological polar surface area (TPSA) is 124 Å². The second-order valence-electron chi connectivity index (χ2n) is 7.50. The zero-order chi connectivity index (χ0) is 23.5. The maximum Gasteiger partial charge on any atom is 0.288 e. The van der Waals surface area contributed by atoms with Gasteiger partial charge in [0.05, 0.1) is 13.3 Å². The van der Waals surface area contributed by atoms with Crippen molar-refractivity contribution in [1.29, 1.82) is 0 Å². The number of benzene rings is 1. The SMILES string of the molecule is COc1cnc(C(=O)Nc2ccc(F)c([C@]3(C)C=C(CF)OC(N)=N3)c2)c(NC(C)C)n1. The lowest BCUT2D eigenvalue weighted by molar-refractivity contribution is 0.102. The maximum absolute atomic E-state index is 14.7. The molecule has 32 heavy (non-hydrogen) atoms. The molecule has 1 aliphatic heterocycles. The molecule has 0 bridgehead atoms. The average molecular weight is 446 g/mol. The molecule has 0 aliphatic carbocycles. The van der Waals surface area contributed by atoms with Crippen LogP contribution in [0.4, 0.5) is 20.3 Å². The zero-order valence-electron chi connectivity index (χ0n) is 18.1. The molecule has 0 saturated carbocycles. The summed E-state index contributed by atoms with van der Waals surface area (Å²) in [6, 6.07) is 3.66. The van der Waals surface area contributed by atoms with E-state index < -0.39 is 23.9 Å². The number of alkyl halides is 1.